The molecule has 6 heteroatoms. The third-order valence-corrected chi connectivity index (χ3v) is 2.90. The summed E-state index contributed by atoms with van der Waals surface area (Å²) in [6, 6.07) is 2.22. The molecule has 1 aliphatic heterocycles. The Kier molecular flexibility index (Phi) is 5.37. The molecule has 0 aromatic carbocycles. The number of amides is 1. The molecule has 1 saturated heterocycles. The summed E-state index contributed by atoms with van der Waals surface area (Å²) < 4.78 is 5.63. The van der Waals surface area contributed by atoms with Crippen molar-refractivity contribution in [2.45, 2.75) is 25.8 Å². The van der Waals surface area contributed by atoms with Crippen molar-refractivity contribution in [3.63, 3.8) is 0 Å². The van der Waals surface area contributed by atoms with Gasteiger partial charge in [0, 0.05) is 6.04 Å². The fourth-order valence-corrected chi connectivity index (χ4v) is 1.98. The zero-order valence-electron chi connectivity index (χ0n) is 10.3. The van der Waals surface area contributed by atoms with Crippen LogP contribution in [0.1, 0.15) is 28.9 Å². The van der Waals surface area contributed by atoms with Crippen LogP contribution in [0.15, 0.2) is 12.3 Å². The molecule has 100 valence electrons. The van der Waals surface area contributed by atoms with E-state index < -0.39 is 5.91 Å². The molecule has 2 heterocycles. The Bertz CT molecular complexity index is 420. The molecule has 5 nitrogen and oxygen atoms in total. The van der Waals surface area contributed by atoms with Crippen molar-refractivity contribution < 1.29 is 9.53 Å². The predicted molar refractivity (Wildman–Crippen MR) is 71.3 cm³/mol. The lowest BCUT2D eigenvalue weighted by Gasteiger charge is -2.12. The lowest BCUT2D eigenvalue weighted by atomic mass is 10.2. The van der Waals surface area contributed by atoms with Gasteiger partial charge in [-0.2, -0.15) is 0 Å². The SMILES string of the molecule is Cc1cc(OC[C@@H]2CCCN2)cnc1C(N)=O.Cl. The molecular weight excluding hydrogens is 254 g/mol. The van der Waals surface area contributed by atoms with Gasteiger partial charge in [-0.25, -0.2) is 4.98 Å². The second-order valence-corrected chi connectivity index (χ2v) is 4.31. The molecule has 3 N–H and O–H groups in total. The second kappa shape index (κ2) is 6.56. The number of carbonyl (C=O) groups excluding carboxylic acids is 1. The molecule has 1 aliphatic rings. The fourth-order valence-electron chi connectivity index (χ4n) is 1.98. The maximum absolute atomic E-state index is 11.0. The predicted octanol–water partition coefficient (Wildman–Crippen LogP) is 1.04. The van der Waals surface area contributed by atoms with E-state index in [1.165, 1.54) is 6.42 Å². The number of ether oxygens (including phenoxy) is 1. The van der Waals surface area contributed by atoms with E-state index in [2.05, 4.69) is 10.3 Å². The first kappa shape index (κ1) is 14.7. The van der Waals surface area contributed by atoms with Gasteiger partial charge in [0.15, 0.2) is 0 Å². The molecule has 0 aliphatic carbocycles. The van der Waals surface area contributed by atoms with E-state index in [9.17, 15) is 4.79 Å². The molecule has 0 spiro atoms. The van der Waals surface area contributed by atoms with Crippen molar-refractivity contribution in [1.82, 2.24) is 10.3 Å². The molecule has 2 rings (SSSR count). The van der Waals surface area contributed by atoms with E-state index in [0.29, 0.717) is 24.1 Å². The summed E-state index contributed by atoms with van der Waals surface area (Å²) in [6.07, 6.45) is 3.89. The van der Waals surface area contributed by atoms with Crippen LogP contribution < -0.4 is 15.8 Å². The number of halogens is 1. The van der Waals surface area contributed by atoms with Crippen LogP contribution in [-0.4, -0.2) is 30.1 Å². The zero-order chi connectivity index (χ0) is 12.3. The van der Waals surface area contributed by atoms with Crippen LogP contribution in [-0.2, 0) is 0 Å². The standard InChI is InChI=1S/C12H17N3O2.ClH/c1-8-5-10(6-15-11(8)12(13)16)17-7-9-3-2-4-14-9;/h5-6,9,14H,2-4,7H2,1H3,(H2,13,16);1H/t9-;/m0./s1. The third kappa shape index (κ3) is 3.58. The summed E-state index contributed by atoms with van der Waals surface area (Å²) in [5.74, 6) is 0.174. The number of pyridine rings is 1. The van der Waals surface area contributed by atoms with E-state index in [4.69, 9.17) is 10.5 Å². The minimum Gasteiger partial charge on any atom is -0.490 e. The highest BCUT2D eigenvalue weighted by Crippen LogP contribution is 2.15. The molecule has 1 amide bonds. The minimum absolute atomic E-state index is 0. The van der Waals surface area contributed by atoms with E-state index >= 15 is 0 Å². The smallest absolute Gasteiger partial charge is 0.267 e. The summed E-state index contributed by atoms with van der Waals surface area (Å²) in [7, 11) is 0. The lowest BCUT2D eigenvalue weighted by Crippen LogP contribution is -2.28. The first-order valence-corrected chi connectivity index (χ1v) is 5.79. The zero-order valence-corrected chi connectivity index (χ0v) is 11.1. The van der Waals surface area contributed by atoms with Crippen molar-refractivity contribution in [2.75, 3.05) is 13.2 Å². The van der Waals surface area contributed by atoms with Crippen molar-refractivity contribution in [1.29, 1.82) is 0 Å². The highest BCUT2D eigenvalue weighted by atomic mass is 35.5. The van der Waals surface area contributed by atoms with Crippen molar-refractivity contribution in [2.24, 2.45) is 5.73 Å². The van der Waals surface area contributed by atoms with Crippen LogP contribution >= 0.6 is 12.4 Å². The van der Waals surface area contributed by atoms with E-state index in [-0.39, 0.29) is 12.4 Å². The van der Waals surface area contributed by atoms with Crippen LogP contribution in [0.3, 0.4) is 0 Å². The van der Waals surface area contributed by atoms with E-state index in [0.717, 1.165) is 18.5 Å². The van der Waals surface area contributed by atoms with Crippen molar-refractivity contribution >= 4 is 18.3 Å². The quantitative estimate of drug-likeness (QED) is 0.858. The number of aryl methyl sites for hydroxylation is 1. The van der Waals surface area contributed by atoms with Gasteiger partial charge in [-0.15, -0.1) is 12.4 Å². The number of rotatable bonds is 4. The Labute approximate surface area is 113 Å². The molecule has 0 bridgehead atoms. The fraction of sp³-hybridized carbons (Fsp3) is 0.500. The molecule has 1 atom stereocenters. The summed E-state index contributed by atoms with van der Waals surface area (Å²) in [5, 5.41) is 3.35. The second-order valence-electron chi connectivity index (χ2n) is 4.31. The topological polar surface area (TPSA) is 77.2 Å². The first-order chi connectivity index (χ1) is 8.16. The maximum Gasteiger partial charge on any atom is 0.267 e. The first-order valence-electron chi connectivity index (χ1n) is 5.79. The monoisotopic (exact) mass is 271 g/mol. The molecule has 0 saturated carbocycles. The Balaban J connectivity index is 0.00000162. The Morgan fingerprint density at radius 1 is 1.67 bits per heavy atom. The lowest BCUT2D eigenvalue weighted by molar-refractivity contribution is 0.0995. The number of aromatic nitrogens is 1. The van der Waals surface area contributed by atoms with Crippen molar-refractivity contribution in [3.05, 3.63) is 23.5 Å². The Morgan fingerprint density at radius 3 is 3.00 bits per heavy atom. The molecule has 1 fully saturated rings. The van der Waals surface area contributed by atoms with Gasteiger partial charge >= 0.3 is 0 Å². The Hall–Kier alpha value is -1.33. The van der Waals surface area contributed by atoms with Crippen LogP contribution in [0, 0.1) is 6.92 Å². The number of hydrogen-bond donors (Lipinski definition) is 2. The molecule has 0 unspecified atom stereocenters. The van der Waals surface area contributed by atoms with E-state index in [1.54, 1.807) is 19.2 Å². The average Bonchev–Trinajstić information content (AvgIpc) is 2.78. The van der Waals surface area contributed by atoms with Gasteiger partial charge < -0.3 is 15.8 Å². The van der Waals surface area contributed by atoms with E-state index in [1.807, 2.05) is 0 Å². The Morgan fingerprint density at radius 2 is 2.44 bits per heavy atom. The van der Waals surface area contributed by atoms with Gasteiger partial charge in [0.1, 0.15) is 18.1 Å². The molecular formula is C12H18ClN3O2. The van der Waals surface area contributed by atoms with Gasteiger partial charge in [0.05, 0.1) is 6.20 Å². The number of hydrogen-bond acceptors (Lipinski definition) is 4. The van der Waals surface area contributed by atoms with Gasteiger partial charge in [-0.05, 0) is 37.9 Å². The van der Waals surface area contributed by atoms with Gasteiger partial charge in [0.25, 0.3) is 5.91 Å². The average molecular weight is 272 g/mol. The number of nitrogens with one attached hydrogen (secondary N) is 1. The molecule has 0 radical (unpaired) electrons. The number of carbonyl (C=O) groups is 1. The number of nitrogens with two attached hydrogens (primary N) is 1. The minimum atomic E-state index is -0.508. The summed E-state index contributed by atoms with van der Waals surface area (Å²) in [6.45, 7) is 3.50. The molecule has 18 heavy (non-hydrogen) atoms. The highest BCUT2D eigenvalue weighted by molar-refractivity contribution is 5.92. The molecule has 1 aromatic heterocycles. The number of nitrogens with zero attached hydrogens (tertiary/aromatic N) is 1. The highest BCUT2D eigenvalue weighted by Gasteiger charge is 2.15. The molecule has 1 aromatic rings. The maximum atomic E-state index is 11.0. The van der Waals surface area contributed by atoms with Crippen molar-refractivity contribution in [3.8, 4) is 5.75 Å². The van der Waals surface area contributed by atoms with Crippen LogP contribution in [0.4, 0.5) is 0 Å². The normalized spacial score (nSPS) is 18.2. The summed E-state index contributed by atoms with van der Waals surface area (Å²) in [4.78, 5) is 15.0. The summed E-state index contributed by atoms with van der Waals surface area (Å²) >= 11 is 0. The van der Waals surface area contributed by atoms with Crippen LogP contribution in [0.5, 0.6) is 5.75 Å². The van der Waals surface area contributed by atoms with Crippen LogP contribution in [0.25, 0.3) is 0 Å². The largest absolute Gasteiger partial charge is 0.490 e. The van der Waals surface area contributed by atoms with Gasteiger partial charge in [0.2, 0.25) is 0 Å². The number of primary amides is 1. The third-order valence-electron chi connectivity index (χ3n) is 2.90. The summed E-state index contributed by atoms with van der Waals surface area (Å²) in [5.41, 5.74) is 6.23. The van der Waals surface area contributed by atoms with Gasteiger partial charge in [-0.3, -0.25) is 4.79 Å². The van der Waals surface area contributed by atoms with Gasteiger partial charge in [-0.1, -0.05) is 0 Å². The van der Waals surface area contributed by atoms with Crippen LogP contribution in [0.2, 0.25) is 0 Å².